The molecule has 1 aromatic heterocycles. The Bertz CT molecular complexity index is 589. The molecule has 0 aliphatic heterocycles. The van der Waals surface area contributed by atoms with Gasteiger partial charge in [-0.2, -0.15) is 0 Å². The van der Waals surface area contributed by atoms with Gasteiger partial charge in [0, 0.05) is 6.07 Å². The third kappa shape index (κ3) is 3.30. The van der Waals surface area contributed by atoms with Crippen LogP contribution in [0.3, 0.4) is 0 Å². The van der Waals surface area contributed by atoms with Crippen LogP contribution < -0.4 is 10.1 Å². The van der Waals surface area contributed by atoms with Crippen molar-refractivity contribution >= 4 is 0 Å². The summed E-state index contributed by atoms with van der Waals surface area (Å²) in [4.78, 5) is 8.27. The van der Waals surface area contributed by atoms with Crippen molar-refractivity contribution in [2.24, 2.45) is 0 Å². The lowest BCUT2D eigenvalue weighted by atomic mass is 9.99. The van der Waals surface area contributed by atoms with Crippen molar-refractivity contribution in [3.63, 3.8) is 0 Å². The first kappa shape index (κ1) is 14.4. The van der Waals surface area contributed by atoms with Gasteiger partial charge in [-0.1, -0.05) is 6.07 Å². The maximum atomic E-state index is 13.1. The number of rotatable bonds is 5. The highest BCUT2D eigenvalue weighted by molar-refractivity contribution is 5.29. The van der Waals surface area contributed by atoms with E-state index in [1.807, 2.05) is 20.0 Å². The second-order valence-electron chi connectivity index (χ2n) is 4.60. The quantitative estimate of drug-likeness (QED) is 0.910. The molecule has 0 saturated carbocycles. The molecule has 0 radical (unpaired) electrons. The molecule has 2 rings (SSSR count). The third-order valence-corrected chi connectivity index (χ3v) is 3.31. The molecule has 1 N–H and O–H groups in total. The Hall–Kier alpha value is -2.01. The maximum absolute atomic E-state index is 13.1. The number of benzene rings is 1. The number of nitrogens with one attached hydrogen (secondary N) is 1. The molecule has 0 saturated heterocycles. The molecule has 1 unspecified atom stereocenters. The van der Waals surface area contributed by atoms with E-state index in [4.69, 9.17) is 4.74 Å². The minimum atomic E-state index is -0.212. The first-order valence-electron chi connectivity index (χ1n) is 6.42. The van der Waals surface area contributed by atoms with Gasteiger partial charge in [-0.3, -0.25) is 0 Å². The highest BCUT2D eigenvalue weighted by Gasteiger charge is 2.14. The van der Waals surface area contributed by atoms with Crippen LogP contribution in [0.15, 0.2) is 30.6 Å². The van der Waals surface area contributed by atoms with E-state index in [2.05, 4.69) is 15.3 Å². The van der Waals surface area contributed by atoms with E-state index in [-0.39, 0.29) is 11.9 Å². The fourth-order valence-corrected chi connectivity index (χ4v) is 2.12. The molecule has 2 aromatic rings. The first-order valence-corrected chi connectivity index (χ1v) is 6.42. The number of aryl methyl sites for hydroxylation is 1. The Morgan fingerprint density at radius 3 is 2.75 bits per heavy atom. The molecule has 0 bridgehead atoms. The fourth-order valence-electron chi connectivity index (χ4n) is 2.12. The molecule has 0 aliphatic carbocycles. The molecular weight excluding hydrogens is 257 g/mol. The predicted molar refractivity (Wildman–Crippen MR) is 75.2 cm³/mol. The van der Waals surface area contributed by atoms with Gasteiger partial charge >= 0.3 is 0 Å². The molecule has 106 valence electrons. The van der Waals surface area contributed by atoms with E-state index in [1.165, 1.54) is 12.4 Å². The normalized spacial score (nSPS) is 12.2. The molecule has 0 aliphatic rings. The van der Waals surface area contributed by atoms with Crippen molar-refractivity contribution in [1.82, 2.24) is 15.3 Å². The van der Waals surface area contributed by atoms with Crippen LogP contribution in [0.2, 0.25) is 0 Å². The Morgan fingerprint density at radius 2 is 2.10 bits per heavy atom. The van der Waals surface area contributed by atoms with Crippen molar-refractivity contribution in [3.8, 4) is 5.88 Å². The van der Waals surface area contributed by atoms with Crippen LogP contribution in [-0.4, -0.2) is 24.1 Å². The third-order valence-electron chi connectivity index (χ3n) is 3.31. The molecule has 1 aromatic carbocycles. The Morgan fingerprint density at radius 1 is 1.30 bits per heavy atom. The van der Waals surface area contributed by atoms with E-state index in [9.17, 15) is 4.39 Å². The molecule has 1 atom stereocenters. The molecule has 4 nitrogen and oxygen atoms in total. The summed E-state index contributed by atoms with van der Waals surface area (Å²) in [6, 6.07) is 6.67. The van der Waals surface area contributed by atoms with Gasteiger partial charge in [-0.05, 0) is 43.7 Å². The number of ether oxygens (including phenoxy) is 1. The number of halogens is 1. The Balaban J connectivity index is 2.23. The summed E-state index contributed by atoms with van der Waals surface area (Å²) in [6.45, 7) is 1.91. The SMILES string of the molecule is CNC(Cc1ccc(F)cc1C)c1cc(OC)ncn1. The van der Waals surface area contributed by atoms with Gasteiger partial charge in [-0.15, -0.1) is 0 Å². The van der Waals surface area contributed by atoms with E-state index in [0.29, 0.717) is 5.88 Å². The molecule has 0 spiro atoms. The Labute approximate surface area is 118 Å². The smallest absolute Gasteiger partial charge is 0.216 e. The van der Waals surface area contributed by atoms with Crippen LogP contribution in [0.1, 0.15) is 22.9 Å². The highest BCUT2D eigenvalue weighted by Crippen LogP contribution is 2.21. The van der Waals surface area contributed by atoms with Crippen LogP contribution in [0, 0.1) is 12.7 Å². The lowest BCUT2D eigenvalue weighted by Gasteiger charge is -2.17. The lowest BCUT2D eigenvalue weighted by Crippen LogP contribution is -2.20. The van der Waals surface area contributed by atoms with E-state index in [1.54, 1.807) is 19.2 Å². The summed E-state index contributed by atoms with van der Waals surface area (Å²) in [6.07, 6.45) is 2.21. The summed E-state index contributed by atoms with van der Waals surface area (Å²) in [7, 11) is 3.45. The molecule has 5 heteroatoms. The summed E-state index contributed by atoms with van der Waals surface area (Å²) >= 11 is 0. The molecular formula is C15H18FN3O. The Kier molecular flexibility index (Phi) is 4.63. The minimum Gasteiger partial charge on any atom is -0.481 e. The topological polar surface area (TPSA) is 47.0 Å². The van der Waals surface area contributed by atoms with Crippen molar-refractivity contribution in [3.05, 3.63) is 53.2 Å². The largest absolute Gasteiger partial charge is 0.481 e. The lowest BCUT2D eigenvalue weighted by molar-refractivity contribution is 0.394. The van der Waals surface area contributed by atoms with Crippen molar-refractivity contribution < 1.29 is 9.13 Å². The summed E-state index contributed by atoms with van der Waals surface area (Å²) < 4.78 is 18.2. The summed E-state index contributed by atoms with van der Waals surface area (Å²) in [5, 5.41) is 3.22. The van der Waals surface area contributed by atoms with Crippen LogP contribution in [0.4, 0.5) is 4.39 Å². The fraction of sp³-hybridized carbons (Fsp3) is 0.333. The molecule has 20 heavy (non-hydrogen) atoms. The van der Waals surface area contributed by atoms with Gasteiger partial charge < -0.3 is 10.1 Å². The number of aromatic nitrogens is 2. The van der Waals surface area contributed by atoms with Crippen LogP contribution in [0.5, 0.6) is 5.88 Å². The van der Waals surface area contributed by atoms with Crippen molar-refractivity contribution in [2.75, 3.05) is 14.2 Å². The average molecular weight is 275 g/mol. The van der Waals surface area contributed by atoms with Gasteiger partial charge in [0.1, 0.15) is 12.1 Å². The summed E-state index contributed by atoms with van der Waals surface area (Å²) in [5.41, 5.74) is 2.87. The van der Waals surface area contributed by atoms with Crippen LogP contribution >= 0.6 is 0 Å². The van der Waals surface area contributed by atoms with Crippen molar-refractivity contribution in [2.45, 2.75) is 19.4 Å². The maximum Gasteiger partial charge on any atom is 0.216 e. The van der Waals surface area contributed by atoms with E-state index >= 15 is 0 Å². The molecule has 0 amide bonds. The monoisotopic (exact) mass is 275 g/mol. The predicted octanol–water partition coefficient (Wildman–Crippen LogP) is 2.44. The number of likely N-dealkylation sites (N-methyl/N-ethyl adjacent to an activating group) is 1. The van der Waals surface area contributed by atoms with Gasteiger partial charge in [0.05, 0.1) is 18.8 Å². The molecule has 1 heterocycles. The minimum absolute atomic E-state index is 0.0241. The second-order valence-corrected chi connectivity index (χ2v) is 4.60. The van der Waals surface area contributed by atoms with Crippen LogP contribution in [-0.2, 0) is 6.42 Å². The zero-order valence-corrected chi connectivity index (χ0v) is 11.9. The summed E-state index contributed by atoms with van der Waals surface area (Å²) in [5.74, 6) is 0.321. The number of nitrogens with zero attached hydrogens (tertiary/aromatic N) is 2. The molecule has 0 fully saturated rings. The van der Waals surface area contributed by atoms with Crippen molar-refractivity contribution in [1.29, 1.82) is 0 Å². The second kappa shape index (κ2) is 6.43. The highest BCUT2D eigenvalue weighted by atomic mass is 19.1. The van der Waals surface area contributed by atoms with E-state index in [0.717, 1.165) is 23.2 Å². The van der Waals surface area contributed by atoms with Gasteiger partial charge in [-0.25, -0.2) is 14.4 Å². The standard InChI is InChI=1S/C15H18FN3O/c1-10-6-12(16)5-4-11(10)7-13(17-2)14-8-15(20-3)19-9-18-14/h4-6,8-9,13,17H,7H2,1-3H3. The van der Waals surface area contributed by atoms with E-state index < -0.39 is 0 Å². The van der Waals surface area contributed by atoms with Gasteiger partial charge in [0.25, 0.3) is 0 Å². The number of hydrogen-bond donors (Lipinski definition) is 1. The average Bonchev–Trinajstić information content (AvgIpc) is 2.46. The number of hydrogen-bond acceptors (Lipinski definition) is 4. The first-order chi connectivity index (χ1) is 9.63. The van der Waals surface area contributed by atoms with Crippen LogP contribution in [0.25, 0.3) is 0 Å². The van der Waals surface area contributed by atoms with Gasteiger partial charge in [0.2, 0.25) is 5.88 Å². The number of methoxy groups -OCH3 is 1. The van der Waals surface area contributed by atoms with Gasteiger partial charge in [0.15, 0.2) is 0 Å². The zero-order chi connectivity index (χ0) is 14.5. The zero-order valence-electron chi connectivity index (χ0n) is 11.9.